The minimum Gasteiger partial charge on any atom is -0.489 e. The van der Waals surface area contributed by atoms with E-state index in [1.54, 1.807) is 6.92 Å². The Kier molecular flexibility index (Phi) is 6.05. The zero-order valence-corrected chi connectivity index (χ0v) is 12.8. The van der Waals surface area contributed by atoms with E-state index in [9.17, 15) is 5.11 Å². The third kappa shape index (κ3) is 5.38. The second-order valence-corrected chi connectivity index (χ2v) is 5.44. The van der Waals surface area contributed by atoms with Gasteiger partial charge in [-0.05, 0) is 30.7 Å². The number of rotatable bonds is 7. The first-order valence-electron chi connectivity index (χ1n) is 6.99. The Morgan fingerprint density at radius 1 is 1.14 bits per heavy atom. The maximum absolute atomic E-state index is 9.27. The summed E-state index contributed by atoms with van der Waals surface area (Å²) in [7, 11) is 0. The Labute approximate surface area is 130 Å². The van der Waals surface area contributed by atoms with Gasteiger partial charge in [0, 0.05) is 23.7 Å². The summed E-state index contributed by atoms with van der Waals surface area (Å²) >= 11 is 5.87. The van der Waals surface area contributed by atoms with E-state index < -0.39 is 0 Å². The Morgan fingerprint density at radius 3 is 2.57 bits per heavy atom. The summed E-state index contributed by atoms with van der Waals surface area (Å²) in [6.45, 7) is 3.49. The van der Waals surface area contributed by atoms with Crippen LogP contribution in [0.3, 0.4) is 0 Å². The summed E-state index contributed by atoms with van der Waals surface area (Å²) in [4.78, 5) is 0. The van der Waals surface area contributed by atoms with Crippen molar-refractivity contribution in [3.8, 4) is 5.75 Å². The average Bonchev–Trinajstić information content (AvgIpc) is 2.47. The molecule has 0 bridgehead atoms. The molecule has 0 fully saturated rings. The van der Waals surface area contributed by atoms with Gasteiger partial charge >= 0.3 is 0 Å². The van der Waals surface area contributed by atoms with Gasteiger partial charge in [0.15, 0.2) is 0 Å². The van der Waals surface area contributed by atoms with Crippen molar-refractivity contribution in [1.29, 1.82) is 0 Å². The van der Waals surface area contributed by atoms with Gasteiger partial charge in [0.25, 0.3) is 0 Å². The summed E-state index contributed by atoms with van der Waals surface area (Å²) in [5, 5.41) is 13.2. The van der Waals surface area contributed by atoms with Crippen molar-refractivity contribution in [1.82, 2.24) is 5.32 Å². The summed E-state index contributed by atoms with van der Waals surface area (Å²) in [6.07, 6.45) is -0.354. The number of para-hydroxylation sites is 1. The smallest absolute Gasteiger partial charge is 0.124 e. The van der Waals surface area contributed by atoms with Gasteiger partial charge in [0.2, 0.25) is 0 Å². The highest BCUT2D eigenvalue weighted by atomic mass is 35.5. The van der Waals surface area contributed by atoms with Gasteiger partial charge in [0.1, 0.15) is 12.4 Å². The summed E-state index contributed by atoms with van der Waals surface area (Å²) in [6, 6.07) is 15.5. The molecule has 0 amide bonds. The lowest BCUT2D eigenvalue weighted by Gasteiger charge is -2.13. The van der Waals surface area contributed by atoms with Crippen molar-refractivity contribution in [2.45, 2.75) is 26.2 Å². The Morgan fingerprint density at radius 2 is 1.86 bits per heavy atom. The molecule has 0 aromatic heterocycles. The lowest BCUT2D eigenvalue weighted by molar-refractivity contribution is 0.190. The first kappa shape index (κ1) is 15.8. The van der Waals surface area contributed by atoms with Gasteiger partial charge in [0.05, 0.1) is 6.10 Å². The molecule has 3 nitrogen and oxygen atoms in total. The van der Waals surface area contributed by atoms with Gasteiger partial charge in [-0.15, -0.1) is 0 Å². The van der Waals surface area contributed by atoms with Crippen LogP contribution in [-0.4, -0.2) is 17.8 Å². The van der Waals surface area contributed by atoms with Crippen LogP contribution in [0.15, 0.2) is 48.5 Å². The molecule has 112 valence electrons. The molecule has 2 aromatic rings. The van der Waals surface area contributed by atoms with Crippen LogP contribution in [0.4, 0.5) is 0 Å². The molecule has 0 radical (unpaired) electrons. The predicted molar refractivity (Wildman–Crippen MR) is 85.6 cm³/mol. The first-order valence-corrected chi connectivity index (χ1v) is 7.37. The number of halogens is 1. The van der Waals surface area contributed by atoms with Crippen LogP contribution in [0.2, 0.25) is 5.02 Å². The fourth-order valence-corrected chi connectivity index (χ4v) is 2.07. The molecule has 0 aliphatic rings. The third-order valence-electron chi connectivity index (χ3n) is 3.04. The molecule has 0 unspecified atom stereocenters. The van der Waals surface area contributed by atoms with Crippen LogP contribution >= 0.6 is 11.6 Å². The second kappa shape index (κ2) is 8.03. The van der Waals surface area contributed by atoms with Gasteiger partial charge in [-0.3, -0.25) is 0 Å². The fraction of sp³-hybridized carbons (Fsp3) is 0.294. The monoisotopic (exact) mass is 305 g/mol. The van der Waals surface area contributed by atoms with E-state index in [1.165, 1.54) is 0 Å². The van der Waals surface area contributed by atoms with E-state index in [2.05, 4.69) is 5.32 Å². The second-order valence-electron chi connectivity index (χ2n) is 5.00. The molecule has 0 saturated heterocycles. The van der Waals surface area contributed by atoms with Crippen molar-refractivity contribution in [3.05, 3.63) is 64.7 Å². The molecule has 21 heavy (non-hydrogen) atoms. The molecule has 4 heteroatoms. The molecular weight excluding hydrogens is 286 g/mol. The van der Waals surface area contributed by atoms with Crippen molar-refractivity contribution in [3.63, 3.8) is 0 Å². The number of aliphatic hydroxyl groups excluding tert-OH is 1. The molecule has 0 aliphatic heterocycles. The first-order chi connectivity index (χ1) is 10.1. The van der Waals surface area contributed by atoms with Gasteiger partial charge < -0.3 is 15.2 Å². The lowest BCUT2D eigenvalue weighted by atomic mass is 10.2. The molecule has 2 rings (SSSR count). The molecule has 2 N–H and O–H groups in total. The number of aliphatic hydroxyl groups is 1. The minimum atomic E-state index is -0.354. The van der Waals surface area contributed by atoms with Gasteiger partial charge in [-0.2, -0.15) is 0 Å². The zero-order chi connectivity index (χ0) is 15.1. The standard InChI is InChI=1S/C17H20ClNO2/c1-13(20)10-19-11-15-4-2-3-5-17(15)21-12-14-6-8-16(18)9-7-14/h2-9,13,19-20H,10-12H2,1H3/t13-/m0/s1. The van der Waals surface area contributed by atoms with Crippen molar-refractivity contribution < 1.29 is 9.84 Å². The van der Waals surface area contributed by atoms with Gasteiger partial charge in [-0.1, -0.05) is 41.9 Å². The molecule has 1 atom stereocenters. The number of nitrogens with one attached hydrogen (secondary N) is 1. The van der Waals surface area contributed by atoms with Crippen molar-refractivity contribution >= 4 is 11.6 Å². The highest BCUT2D eigenvalue weighted by molar-refractivity contribution is 6.30. The highest BCUT2D eigenvalue weighted by Crippen LogP contribution is 2.19. The van der Waals surface area contributed by atoms with E-state index in [0.29, 0.717) is 19.7 Å². The fourth-order valence-electron chi connectivity index (χ4n) is 1.95. The molecule has 0 saturated carbocycles. The number of hydrogen-bond acceptors (Lipinski definition) is 3. The van der Waals surface area contributed by atoms with E-state index in [0.717, 1.165) is 21.9 Å². The summed E-state index contributed by atoms with van der Waals surface area (Å²) in [5.74, 6) is 0.852. The van der Waals surface area contributed by atoms with Crippen LogP contribution in [0.5, 0.6) is 5.75 Å². The van der Waals surface area contributed by atoms with Crippen LogP contribution in [0, 0.1) is 0 Å². The molecule has 0 spiro atoms. The maximum atomic E-state index is 9.27. The topological polar surface area (TPSA) is 41.5 Å². The van der Waals surface area contributed by atoms with Gasteiger partial charge in [-0.25, -0.2) is 0 Å². The Balaban J connectivity index is 1.94. The van der Waals surface area contributed by atoms with Crippen LogP contribution in [0.1, 0.15) is 18.1 Å². The molecule has 2 aromatic carbocycles. The van der Waals surface area contributed by atoms with Crippen molar-refractivity contribution in [2.24, 2.45) is 0 Å². The number of benzene rings is 2. The van der Waals surface area contributed by atoms with Crippen LogP contribution in [0.25, 0.3) is 0 Å². The minimum absolute atomic E-state index is 0.354. The maximum Gasteiger partial charge on any atom is 0.124 e. The predicted octanol–water partition coefficient (Wildman–Crippen LogP) is 3.39. The number of hydrogen-bond donors (Lipinski definition) is 2. The largest absolute Gasteiger partial charge is 0.489 e. The molecular formula is C17H20ClNO2. The Bertz CT molecular complexity index is 555. The third-order valence-corrected chi connectivity index (χ3v) is 3.29. The highest BCUT2D eigenvalue weighted by Gasteiger charge is 2.04. The summed E-state index contributed by atoms with van der Waals surface area (Å²) < 4.78 is 5.88. The molecule has 0 aliphatic carbocycles. The molecule has 0 heterocycles. The Hall–Kier alpha value is -1.55. The average molecular weight is 306 g/mol. The van der Waals surface area contributed by atoms with E-state index in [4.69, 9.17) is 16.3 Å². The lowest BCUT2D eigenvalue weighted by Crippen LogP contribution is -2.24. The van der Waals surface area contributed by atoms with E-state index in [-0.39, 0.29) is 6.10 Å². The zero-order valence-electron chi connectivity index (χ0n) is 12.1. The SMILES string of the molecule is C[C@H](O)CNCc1ccccc1OCc1ccc(Cl)cc1. The summed E-state index contributed by atoms with van der Waals surface area (Å²) in [5.41, 5.74) is 2.15. The van der Waals surface area contributed by atoms with E-state index in [1.807, 2.05) is 48.5 Å². The van der Waals surface area contributed by atoms with Crippen LogP contribution in [-0.2, 0) is 13.2 Å². The number of ether oxygens (including phenoxy) is 1. The quantitative estimate of drug-likeness (QED) is 0.824. The normalized spacial score (nSPS) is 12.1. The van der Waals surface area contributed by atoms with Crippen LogP contribution < -0.4 is 10.1 Å². The van der Waals surface area contributed by atoms with Crippen molar-refractivity contribution in [2.75, 3.05) is 6.54 Å². The van der Waals surface area contributed by atoms with E-state index >= 15 is 0 Å².